The summed E-state index contributed by atoms with van der Waals surface area (Å²) < 4.78 is 11.4. The van der Waals surface area contributed by atoms with Crippen molar-refractivity contribution in [3.63, 3.8) is 0 Å². The minimum Gasteiger partial charge on any atom is -0.462 e. The average molecular weight is 366 g/mol. The van der Waals surface area contributed by atoms with Crippen molar-refractivity contribution in [2.75, 3.05) is 37.8 Å². The standard InChI is InChI=1S/C15H16BrN3O3/c1-2-22-15(20)11-8-18-13-10(7-17-9-12(13)16)14(11)19-3-5-21-6-4-19/h7-9H,2-6H2,1H3. The zero-order chi connectivity index (χ0) is 15.5. The Kier molecular flexibility index (Phi) is 4.54. The summed E-state index contributed by atoms with van der Waals surface area (Å²) in [6.07, 6.45) is 5.01. The molecule has 0 amide bonds. The molecule has 0 bridgehead atoms. The van der Waals surface area contributed by atoms with Gasteiger partial charge in [0.05, 0.1) is 35.5 Å². The second kappa shape index (κ2) is 6.58. The average Bonchev–Trinajstić information content (AvgIpc) is 2.55. The van der Waals surface area contributed by atoms with Crippen molar-refractivity contribution in [3.8, 4) is 0 Å². The summed E-state index contributed by atoms with van der Waals surface area (Å²) in [5.41, 5.74) is 2.07. The first-order chi connectivity index (χ1) is 10.7. The molecule has 0 saturated carbocycles. The Hall–Kier alpha value is -1.73. The van der Waals surface area contributed by atoms with E-state index >= 15 is 0 Å². The third kappa shape index (κ3) is 2.78. The maximum absolute atomic E-state index is 12.3. The predicted molar refractivity (Wildman–Crippen MR) is 86.2 cm³/mol. The topological polar surface area (TPSA) is 64.5 Å². The van der Waals surface area contributed by atoms with Crippen LogP contribution in [-0.4, -0.2) is 48.8 Å². The van der Waals surface area contributed by atoms with Crippen LogP contribution in [0.5, 0.6) is 0 Å². The van der Waals surface area contributed by atoms with Crippen LogP contribution in [0.2, 0.25) is 0 Å². The first-order valence-electron chi connectivity index (χ1n) is 7.14. The largest absolute Gasteiger partial charge is 0.462 e. The van der Waals surface area contributed by atoms with Gasteiger partial charge in [-0.3, -0.25) is 9.97 Å². The van der Waals surface area contributed by atoms with E-state index in [1.54, 1.807) is 25.5 Å². The number of hydrogen-bond donors (Lipinski definition) is 0. The molecule has 0 atom stereocenters. The SMILES string of the molecule is CCOC(=O)c1cnc2c(Br)cncc2c1N1CCOCC1. The molecule has 0 aliphatic carbocycles. The zero-order valence-electron chi connectivity index (χ0n) is 12.2. The van der Waals surface area contributed by atoms with Gasteiger partial charge in [-0.15, -0.1) is 0 Å². The molecule has 1 aliphatic rings. The Morgan fingerprint density at radius 1 is 1.36 bits per heavy atom. The number of nitrogens with zero attached hydrogens (tertiary/aromatic N) is 3. The van der Waals surface area contributed by atoms with Crippen LogP contribution in [0, 0.1) is 0 Å². The van der Waals surface area contributed by atoms with Crippen LogP contribution in [0.25, 0.3) is 10.9 Å². The molecule has 116 valence electrons. The number of carbonyl (C=O) groups is 1. The van der Waals surface area contributed by atoms with Crippen LogP contribution < -0.4 is 4.90 Å². The molecular formula is C15H16BrN3O3. The molecule has 6 nitrogen and oxygen atoms in total. The zero-order valence-corrected chi connectivity index (χ0v) is 13.8. The van der Waals surface area contributed by atoms with E-state index in [0.717, 1.165) is 34.2 Å². The highest BCUT2D eigenvalue weighted by molar-refractivity contribution is 9.10. The summed E-state index contributed by atoms with van der Waals surface area (Å²) in [4.78, 5) is 23.0. The van der Waals surface area contributed by atoms with E-state index in [1.807, 2.05) is 0 Å². The lowest BCUT2D eigenvalue weighted by Crippen LogP contribution is -2.37. The van der Waals surface area contributed by atoms with E-state index in [-0.39, 0.29) is 5.97 Å². The molecule has 3 heterocycles. The molecular weight excluding hydrogens is 350 g/mol. The van der Waals surface area contributed by atoms with E-state index in [1.165, 1.54) is 0 Å². The Morgan fingerprint density at radius 3 is 2.86 bits per heavy atom. The third-order valence-electron chi connectivity index (χ3n) is 3.53. The Morgan fingerprint density at radius 2 is 2.14 bits per heavy atom. The molecule has 2 aromatic rings. The number of carbonyl (C=O) groups excluding carboxylic acids is 1. The van der Waals surface area contributed by atoms with Gasteiger partial charge in [-0.2, -0.15) is 0 Å². The van der Waals surface area contributed by atoms with Gasteiger partial charge in [0.25, 0.3) is 0 Å². The van der Waals surface area contributed by atoms with E-state index in [2.05, 4.69) is 30.8 Å². The number of anilines is 1. The third-order valence-corrected chi connectivity index (χ3v) is 4.11. The Labute approximate surface area is 136 Å². The molecule has 0 spiro atoms. The first-order valence-corrected chi connectivity index (χ1v) is 7.93. The molecule has 3 rings (SSSR count). The number of fused-ring (bicyclic) bond motifs is 1. The molecule has 0 radical (unpaired) electrons. The van der Waals surface area contributed by atoms with E-state index in [9.17, 15) is 4.79 Å². The van der Waals surface area contributed by atoms with Crippen LogP contribution in [0.1, 0.15) is 17.3 Å². The molecule has 0 aromatic carbocycles. The minimum atomic E-state index is -0.363. The van der Waals surface area contributed by atoms with Crippen LogP contribution in [0.15, 0.2) is 23.1 Å². The maximum atomic E-state index is 12.3. The number of halogens is 1. The van der Waals surface area contributed by atoms with Crippen LogP contribution in [-0.2, 0) is 9.47 Å². The number of rotatable bonds is 3. The van der Waals surface area contributed by atoms with Gasteiger partial charge in [0.2, 0.25) is 0 Å². The lowest BCUT2D eigenvalue weighted by molar-refractivity contribution is 0.0526. The second-order valence-corrected chi connectivity index (χ2v) is 5.71. The highest BCUT2D eigenvalue weighted by atomic mass is 79.9. The molecule has 7 heteroatoms. The van der Waals surface area contributed by atoms with Crippen molar-refractivity contribution in [1.29, 1.82) is 0 Å². The van der Waals surface area contributed by atoms with E-state index in [0.29, 0.717) is 25.4 Å². The highest BCUT2D eigenvalue weighted by Crippen LogP contribution is 2.33. The normalized spacial score (nSPS) is 15.1. The molecule has 1 saturated heterocycles. The van der Waals surface area contributed by atoms with Crippen LogP contribution in [0.3, 0.4) is 0 Å². The van der Waals surface area contributed by atoms with Gasteiger partial charge in [-0.1, -0.05) is 0 Å². The molecule has 0 N–H and O–H groups in total. The molecule has 1 aliphatic heterocycles. The summed E-state index contributed by atoms with van der Waals surface area (Å²) in [6, 6.07) is 0. The number of morpholine rings is 1. The van der Waals surface area contributed by atoms with Crippen molar-refractivity contribution in [3.05, 3.63) is 28.6 Å². The van der Waals surface area contributed by atoms with Crippen LogP contribution in [0.4, 0.5) is 5.69 Å². The number of aromatic nitrogens is 2. The lowest BCUT2D eigenvalue weighted by atomic mass is 10.1. The fourth-order valence-electron chi connectivity index (χ4n) is 2.55. The molecule has 22 heavy (non-hydrogen) atoms. The maximum Gasteiger partial charge on any atom is 0.341 e. The second-order valence-electron chi connectivity index (χ2n) is 4.86. The summed E-state index contributed by atoms with van der Waals surface area (Å²) >= 11 is 3.46. The van der Waals surface area contributed by atoms with Crippen LogP contribution >= 0.6 is 15.9 Å². The summed E-state index contributed by atoms with van der Waals surface area (Å²) in [5, 5.41) is 0.835. The van der Waals surface area contributed by atoms with Gasteiger partial charge in [0, 0.05) is 37.1 Å². The van der Waals surface area contributed by atoms with Gasteiger partial charge in [-0.25, -0.2) is 4.79 Å². The van der Waals surface area contributed by atoms with Gasteiger partial charge in [0.1, 0.15) is 5.56 Å². The molecule has 1 fully saturated rings. The molecule has 2 aromatic heterocycles. The van der Waals surface area contributed by atoms with Crippen molar-refractivity contribution in [2.45, 2.75) is 6.92 Å². The lowest BCUT2D eigenvalue weighted by Gasteiger charge is -2.31. The summed E-state index contributed by atoms with van der Waals surface area (Å²) in [7, 11) is 0. The number of esters is 1. The van der Waals surface area contributed by atoms with E-state index < -0.39 is 0 Å². The summed E-state index contributed by atoms with van der Waals surface area (Å²) in [5.74, 6) is -0.363. The first kappa shape index (κ1) is 15.2. The number of hydrogen-bond acceptors (Lipinski definition) is 6. The predicted octanol–water partition coefficient (Wildman–Crippen LogP) is 2.41. The highest BCUT2D eigenvalue weighted by Gasteiger charge is 2.23. The summed E-state index contributed by atoms with van der Waals surface area (Å²) in [6.45, 7) is 4.83. The quantitative estimate of drug-likeness (QED) is 0.778. The van der Waals surface area contributed by atoms with Crippen molar-refractivity contribution in [1.82, 2.24) is 9.97 Å². The van der Waals surface area contributed by atoms with Crippen molar-refractivity contribution < 1.29 is 14.3 Å². The smallest absolute Gasteiger partial charge is 0.341 e. The monoisotopic (exact) mass is 365 g/mol. The number of ether oxygens (including phenoxy) is 2. The Bertz CT molecular complexity index is 702. The fourth-order valence-corrected chi connectivity index (χ4v) is 2.99. The Balaban J connectivity index is 2.19. The fraction of sp³-hybridized carbons (Fsp3) is 0.400. The van der Waals surface area contributed by atoms with E-state index in [4.69, 9.17) is 9.47 Å². The number of pyridine rings is 2. The van der Waals surface area contributed by atoms with Crippen molar-refractivity contribution in [2.24, 2.45) is 0 Å². The van der Waals surface area contributed by atoms with Gasteiger partial charge in [0.15, 0.2) is 0 Å². The molecule has 0 unspecified atom stereocenters. The van der Waals surface area contributed by atoms with Crippen molar-refractivity contribution >= 4 is 38.5 Å². The van der Waals surface area contributed by atoms with Gasteiger partial charge >= 0.3 is 5.97 Å². The van der Waals surface area contributed by atoms with Gasteiger partial charge < -0.3 is 14.4 Å². The minimum absolute atomic E-state index is 0.330. The van der Waals surface area contributed by atoms with Gasteiger partial charge in [-0.05, 0) is 22.9 Å².